The number of carboxylic acid groups (broad SMARTS) is 1. The number of morpholine rings is 1. The molecule has 0 spiro atoms. The summed E-state index contributed by atoms with van der Waals surface area (Å²) in [4.78, 5) is 36.2. The van der Waals surface area contributed by atoms with Crippen molar-refractivity contribution in [3.63, 3.8) is 0 Å². The van der Waals surface area contributed by atoms with Crippen LogP contribution in [0, 0.1) is 5.41 Å². The number of hydrogen-bond donors (Lipinski definition) is 1. The quantitative estimate of drug-likeness (QED) is 0.722. The van der Waals surface area contributed by atoms with Gasteiger partial charge in [0.15, 0.2) is 0 Å². The minimum Gasteiger partial charge on any atom is -0.481 e. The van der Waals surface area contributed by atoms with E-state index >= 15 is 0 Å². The van der Waals surface area contributed by atoms with Crippen molar-refractivity contribution in [1.29, 1.82) is 0 Å². The fourth-order valence-electron chi connectivity index (χ4n) is 2.83. The van der Waals surface area contributed by atoms with Crippen LogP contribution in [0.3, 0.4) is 0 Å². The first kappa shape index (κ1) is 13.0. The minimum atomic E-state index is -1.04. The highest BCUT2D eigenvalue weighted by molar-refractivity contribution is 5.99. The maximum Gasteiger partial charge on any atom is 0.311 e. The molecule has 1 saturated carbocycles. The highest BCUT2D eigenvalue weighted by atomic mass is 16.5. The molecule has 2 unspecified atom stereocenters. The second-order valence-corrected chi connectivity index (χ2v) is 5.13. The maximum atomic E-state index is 11.8. The smallest absolute Gasteiger partial charge is 0.311 e. The number of hydrogen-bond acceptors (Lipinski definition) is 4. The molecule has 6 heteroatoms. The standard InChI is InChI=1S/C12H17NO5/c1-12(11(16)17)5-3-2-4-8(12)13-9(14)6-18-7-10(13)15/h8H,2-7H2,1H3,(H,16,17). The molecule has 0 radical (unpaired) electrons. The molecule has 2 aliphatic rings. The minimum absolute atomic E-state index is 0.141. The third-order valence-electron chi connectivity index (χ3n) is 3.95. The summed E-state index contributed by atoms with van der Waals surface area (Å²) >= 11 is 0. The number of carbonyl (C=O) groups excluding carboxylic acids is 2. The lowest BCUT2D eigenvalue weighted by molar-refractivity contribution is -0.171. The summed E-state index contributed by atoms with van der Waals surface area (Å²) in [6.45, 7) is 1.34. The molecule has 1 N–H and O–H groups in total. The van der Waals surface area contributed by atoms with E-state index in [0.717, 1.165) is 17.7 Å². The van der Waals surface area contributed by atoms with E-state index in [1.807, 2.05) is 0 Å². The predicted octanol–water partition coefficient (Wildman–Crippen LogP) is 0.405. The highest BCUT2D eigenvalue weighted by Gasteiger charge is 2.49. The molecule has 2 rings (SSSR count). The molecule has 100 valence electrons. The number of nitrogens with zero attached hydrogens (tertiary/aromatic N) is 1. The van der Waals surface area contributed by atoms with E-state index in [2.05, 4.69) is 0 Å². The van der Waals surface area contributed by atoms with Crippen molar-refractivity contribution >= 4 is 17.8 Å². The van der Waals surface area contributed by atoms with Gasteiger partial charge in [0.05, 0.1) is 11.5 Å². The third-order valence-corrected chi connectivity index (χ3v) is 3.95. The van der Waals surface area contributed by atoms with Gasteiger partial charge in [-0.1, -0.05) is 12.8 Å². The van der Waals surface area contributed by atoms with E-state index in [-0.39, 0.29) is 13.2 Å². The van der Waals surface area contributed by atoms with Gasteiger partial charge in [-0.2, -0.15) is 0 Å². The SMILES string of the molecule is CC1(C(=O)O)CCCCC1N1C(=O)COCC1=O. The lowest BCUT2D eigenvalue weighted by atomic mass is 9.71. The predicted molar refractivity (Wildman–Crippen MR) is 60.7 cm³/mol. The second kappa shape index (κ2) is 4.68. The van der Waals surface area contributed by atoms with Gasteiger partial charge < -0.3 is 9.84 Å². The van der Waals surface area contributed by atoms with Crippen LogP contribution < -0.4 is 0 Å². The molecule has 2 fully saturated rings. The molecule has 18 heavy (non-hydrogen) atoms. The Kier molecular flexibility index (Phi) is 3.38. The molecular formula is C12H17NO5. The number of imide groups is 1. The molecule has 1 saturated heterocycles. The summed E-state index contributed by atoms with van der Waals surface area (Å²) in [7, 11) is 0. The Labute approximate surface area is 105 Å². The van der Waals surface area contributed by atoms with Crippen molar-refractivity contribution in [3.8, 4) is 0 Å². The summed E-state index contributed by atoms with van der Waals surface area (Å²) in [5, 5.41) is 9.39. The molecule has 1 aliphatic heterocycles. The van der Waals surface area contributed by atoms with Crippen molar-refractivity contribution in [1.82, 2.24) is 4.90 Å². The molecule has 2 amide bonds. The zero-order valence-corrected chi connectivity index (χ0v) is 10.3. The summed E-state index contributed by atoms with van der Waals surface area (Å²) < 4.78 is 4.86. The van der Waals surface area contributed by atoms with E-state index in [1.165, 1.54) is 0 Å². The molecule has 1 heterocycles. The third kappa shape index (κ3) is 2.01. The number of carbonyl (C=O) groups is 3. The fourth-order valence-corrected chi connectivity index (χ4v) is 2.83. The molecule has 0 aromatic rings. The first-order valence-electron chi connectivity index (χ1n) is 6.13. The normalized spacial score (nSPS) is 33.6. The van der Waals surface area contributed by atoms with Crippen LogP contribution in [-0.4, -0.2) is 47.0 Å². The van der Waals surface area contributed by atoms with Crippen molar-refractivity contribution in [2.45, 2.75) is 38.6 Å². The van der Waals surface area contributed by atoms with Crippen LogP contribution in [0.1, 0.15) is 32.6 Å². The zero-order valence-electron chi connectivity index (χ0n) is 10.3. The van der Waals surface area contributed by atoms with Gasteiger partial charge in [-0.15, -0.1) is 0 Å². The van der Waals surface area contributed by atoms with Gasteiger partial charge in [-0.25, -0.2) is 0 Å². The van der Waals surface area contributed by atoms with Crippen LogP contribution >= 0.6 is 0 Å². The monoisotopic (exact) mass is 255 g/mol. The lowest BCUT2D eigenvalue weighted by Gasteiger charge is -2.44. The Bertz CT molecular complexity index is 378. The Balaban J connectivity index is 2.30. The van der Waals surface area contributed by atoms with E-state index in [1.54, 1.807) is 6.92 Å². The molecule has 1 aliphatic carbocycles. The van der Waals surface area contributed by atoms with Gasteiger partial charge in [0.25, 0.3) is 11.8 Å². The van der Waals surface area contributed by atoms with Gasteiger partial charge in [0.2, 0.25) is 0 Å². The zero-order chi connectivity index (χ0) is 13.3. The molecule has 0 aromatic carbocycles. The first-order valence-corrected chi connectivity index (χ1v) is 6.13. The van der Waals surface area contributed by atoms with Crippen LogP contribution in [0.15, 0.2) is 0 Å². The summed E-state index contributed by atoms with van der Waals surface area (Å²) in [5.74, 6) is -1.80. The van der Waals surface area contributed by atoms with Crippen LogP contribution in [0.5, 0.6) is 0 Å². The van der Waals surface area contributed by atoms with Crippen molar-refractivity contribution in [2.75, 3.05) is 13.2 Å². The largest absolute Gasteiger partial charge is 0.481 e. The Morgan fingerprint density at radius 1 is 1.33 bits per heavy atom. The van der Waals surface area contributed by atoms with Crippen molar-refractivity contribution in [3.05, 3.63) is 0 Å². The molecular weight excluding hydrogens is 238 g/mol. The second-order valence-electron chi connectivity index (χ2n) is 5.13. The Hall–Kier alpha value is -1.43. The number of carboxylic acids is 1. The number of aliphatic carboxylic acids is 1. The average molecular weight is 255 g/mol. The van der Waals surface area contributed by atoms with Gasteiger partial charge in [-0.05, 0) is 19.8 Å². The summed E-state index contributed by atoms with van der Waals surface area (Å²) in [5.41, 5.74) is -1.04. The van der Waals surface area contributed by atoms with E-state index in [0.29, 0.717) is 12.8 Å². The molecule has 2 atom stereocenters. The highest BCUT2D eigenvalue weighted by Crippen LogP contribution is 2.40. The molecule has 0 bridgehead atoms. The van der Waals surface area contributed by atoms with E-state index < -0.39 is 29.2 Å². The van der Waals surface area contributed by atoms with Crippen LogP contribution in [0.4, 0.5) is 0 Å². The number of rotatable bonds is 2. The van der Waals surface area contributed by atoms with Crippen molar-refractivity contribution in [2.24, 2.45) is 5.41 Å². The van der Waals surface area contributed by atoms with E-state index in [9.17, 15) is 19.5 Å². The lowest BCUT2D eigenvalue weighted by Crippen LogP contribution is -2.59. The topological polar surface area (TPSA) is 83.9 Å². The maximum absolute atomic E-state index is 11.8. The van der Waals surface area contributed by atoms with Crippen LogP contribution in [0.25, 0.3) is 0 Å². The summed E-state index contributed by atoms with van der Waals surface area (Å²) in [6.07, 6.45) is 2.70. The average Bonchev–Trinajstić information content (AvgIpc) is 2.31. The van der Waals surface area contributed by atoms with Crippen molar-refractivity contribution < 1.29 is 24.2 Å². The first-order chi connectivity index (χ1) is 8.47. The van der Waals surface area contributed by atoms with Gasteiger partial charge >= 0.3 is 5.97 Å². The van der Waals surface area contributed by atoms with Gasteiger partial charge in [0, 0.05) is 0 Å². The molecule has 0 aromatic heterocycles. The van der Waals surface area contributed by atoms with Gasteiger partial charge in [0.1, 0.15) is 13.2 Å². The Morgan fingerprint density at radius 2 is 1.94 bits per heavy atom. The number of ether oxygens (including phenoxy) is 1. The van der Waals surface area contributed by atoms with Gasteiger partial charge in [-0.3, -0.25) is 19.3 Å². The number of amides is 2. The fraction of sp³-hybridized carbons (Fsp3) is 0.750. The van der Waals surface area contributed by atoms with Crippen LogP contribution in [-0.2, 0) is 19.1 Å². The molecule has 6 nitrogen and oxygen atoms in total. The Morgan fingerprint density at radius 3 is 2.50 bits per heavy atom. The van der Waals surface area contributed by atoms with Crippen LogP contribution in [0.2, 0.25) is 0 Å². The summed E-state index contributed by atoms with van der Waals surface area (Å²) in [6, 6.07) is -0.548. The van der Waals surface area contributed by atoms with E-state index in [4.69, 9.17) is 4.74 Å².